The Kier molecular flexibility index (Phi) is 2.28. The lowest BCUT2D eigenvalue weighted by Crippen LogP contribution is -2.22. The van der Waals surface area contributed by atoms with Gasteiger partial charge in [-0.05, 0) is 0 Å². The summed E-state index contributed by atoms with van der Waals surface area (Å²) in [6.07, 6.45) is 4.66. The highest BCUT2D eigenvalue weighted by Crippen LogP contribution is 1.81. The first-order valence-electron chi connectivity index (χ1n) is 2.66. The highest BCUT2D eigenvalue weighted by molar-refractivity contribution is 6.28. The smallest absolute Gasteiger partial charge is 0.253 e. The van der Waals surface area contributed by atoms with Crippen molar-refractivity contribution in [3.8, 4) is 0 Å². The van der Waals surface area contributed by atoms with E-state index < -0.39 is 0 Å². The molecule has 0 aliphatic carbocycles. The Morgan fingerprint density at radius 2 is 2.60 bits per heavy atom. The van der Waals surface area contributed by atoms with Gasteiger partial charge in [0.2, 0.25) is 0 Å². The second-order valence-corrected chi connectivity index (χ2v) is 1.91. The number of carbonyl (C=O) groups is 1. The van der Waals surface area contributed by atoms with E-state index in [4.69, 9.17) is 11.6 Å². The van der Waals surface area contributed by atoms with Gasteiger partial charge >= 0.3 is 0 Å². The average Bonchev–Trinajstić information content (AvgIpc) is 2.40. The predicted octanol–water partition coefficient (Wildman–Crippen LogP) is 0.192. The Hall–Kier alpha value is -1.03. The number of imidazole rings is 1. The van der Waals surface area contributed by atoms with Crippen LogP contribution in [0.25, 0.3) is 0 Å². The van der Waals surface area contributed by atoms with Gasteiger partial charge in [-0.15, -0.1) is 11.6 Å². The Balaban J connectivity index is 2.48. The topological polar surface area (TPSA) is 46.9 Å². The zero-order valence-corrected chi connectivity index (χ0v) is 5.88. The summed E-state index contributed by atoms with van der Waals surface area (Å²) in [6.45, 7) is 0. The second kappa shape index (κ2) is 3.22. The third-order valence-electron chi connectivity index (χ3n) is 0.880. The van der Waals surface area contributed by atoms with Crippen LogP contribution in [0.3, 0.4) is 0 Å². The largest absolute Gasteiger partial charge is 0.272 e. The number of aromatic nitrogens is 2. The van der Waals surface area contributed by atoms with Crippen LogP contribution in [0.4, 0.5) is 0 Å². The van der Waals surface area contributed by atoms with Crippen LogP contribution in [0, 0.1) is 0 Å². The van der Waals surface area contributed by atoms with E-state index in [9.17, 15) is 4.79 Å². The summed E-state index contributed by atoms with van der Waals surface area (Å²) in [5.41, 5.74) is 2.45. The minimum atomic E-state index is -0.250. The molecule has 0 atom stereocenters. The summed E-state index contributed by atoms with van der Waals surface area (Å²) in [4.78, 5) is 14.3. The Morgan fingerprint density at radius 1 is 1.80 bits per heavy atom. The maximum Gasteiger partial charge on any atom is 0.253 e. The fourth-order valence-corrected chi connectivity index (χ4v) is 0.559. The van der Waals surface area contributed by atoms with Gasteiger partial charge in [0.25, 0.3) is 5.91 Å². The number of amides is 1. The van der Waals surface area contributed by atoms with Crippen molar-refractivity contribution < 1.29 is 4.79 Å². The standard InChI is InChI=1S/C5H6ClN3O/c6-3-5(10)8-9-2-1-7-4-9/h1-2,4H,3H2,(H,8,10). The summed E-state index contributed by atoms with van der Waals surface area (Å²) in [6, 6.07) is 0. The summed E-state index contributed by atoms with van der Waals surface area (Å²) in [5.74, 6) is -0.294. The molecule has 1 aromatic heterocycles. The molecule has 1 N–H and O–H groups in total. The SMILES string of the molecule is O=C(CCl)Nn1ccnc1. The van der Waals surface area contributed by atoms with Crippen LogP contribution in [-0.2, 0) is 4.79 Å². The maximum atomic E-state index is 10.6. The summed E-state index contributed by atoms with van der Waals surface area (Å²) >= 11 is 5.22. The highest BCUT2D eigenvalue weighted by Gasteiger charge is 1.95. The van der Waals surface area contributed by atoms with Gasteiger partial charge in [-0.2, -0.15) is 0 Å². The van der Waals surface area contributed by atoms with E-state index in [2.05, 4.69) is 10.4 Å². The van der Waals surface area contributed by atoms with Gasteiger partial charge in [-0.3, -0.25) is 10.2 Å². The van der Waals surface area contributed by atoms with Gasteiger partial charge < -0.3 is 0 Å². The predicted molar refractivity (Wildman–Crippen MR) is 37.3 cm³/mol. The van der Waals surface area contributed by atoms with Crippen molar-refractivity contribution in [1.29, 1.82) is 0 Å². The molecule has 1 aromatic rings. The number of nitrogens with one attached hydrogen (secondary N) is 1. The molecule has 0 bridgehead atoms. The number of hydrogen-bond acceptors (Lipinski definition) is 2. The number of rotatable bonds is 2. The molecule has 1 amide bonds. The fourth-order valence-electron chi connectivity index (χ4n) is 0.499. The van der Waals surface area contributed by atoms with Crippen molar-refractivity contribution in [2.75, 3.05) is 11.3 Å². The summed E-state index contributed by atoms with van der Waals surface area (Å²) in [7, 11) is 0. The van der Waals surface area contributed by atoms with E-state index in [-0.39, 0.29) is 11.8 Å². The summed E-state index contributed by atoms with van der Waals surface area (Å²) in [5, 5.41) is 0. The van der Waals surface area contributed by atoms with Gasteiger partial charge in [0.1, 0.15) is 12.2 Å². The Morgan fingerprint density at radius 3 is 3.10 bits per heavy atom. The summed E-state index contributed by atoms with van der Waals surface area (Å²) < 4.78 is 1.44. The molecule has 1 heterocycles. The third kappa shape index (κ3) is 1.73. The number of carbonyl (C=O) groups excluding carboxylic acids is 1. The van der Waals surface area contributed by atoms with Crippen LogP contribution >= 0.6 is 11.6 Å². The van der Waals surface area contributed by atoms with Crippen molar-refractivity contribution in [3.63, 3.8) is 0 Å². The molecule has 0 saturated carbocycles. The van der Waals surface area contributed by atoms with E-state index in [1.807, 2.05) is 0 Å². The molecule has 0 aliphatic rings. The number of alkyl halides is 1. The minimum Gasteiger partial charge on any atom is -0.272 e. The van der Waals surface area contributed by atoms with Gasteiger partial charge in [-0.1, -0.05) is 0 Å². The van der Waals surface area contributed by atoms with Crippen LogP contribution < -0.4 is 5.43 Å². The molecular weight excluding hydrogens is 154 g/mol. The van der Waals surface area contributed by atoms with Crippen LogP contribution in [0.2, 0.25) is 0 Å². The van der Waals surface area contributed by atoms with Gasteiger partial charge in [-0.25, -0.2) is 9.66 Å². The minimum absolute atomic E-state index is 0.0435. The van der Waals surface area contributed by atoms with Gasteiger partial charge in [0.15, 0.2) is 0 Å². The van der Waals surface area contributed by atoms with E-state index in [1.54, 1.807) is 12.4 Å². The van der Waals surface area contributed by atoms with Crippen molar-refractivity contribution >= 4 is 17.5 Å². The molecular formula is C5H6ClN3O. The maximum absolute atomic E-state index is 10.6. The lowest BCUT2D eigenvalue weighted by Gasteiger charge is -2.00. The van der Waals surface area contributed by atoms with Crippen molar-refractivity contribution in [2.24, 2.45) is 0 Å². The highest BCUT2D eigenvalue weighted by atomic mass is 35.5. The quantitative estimate of drug-likeness (QED) is 0.627. The first-order valence-corrected chi connectivity index (χ1v) is 3.20. The molecule has 0 aliphatic heterocycles. The zero-order chi connectivity index (χ0) is 7.40. The first-order chi connectivity index (χ1) is 4.83. The molecule has 0 saturated heterocycles. The van der Waals surface area contributed by atoms with E-state index in [0.29, 0.717) is 0 Å². The molecule has 0 aromatic carbocycles. The molecule has 10 heavy (non-hydrogen) atoms. The number of hydrogen-bond donors (Lipinski definition) is 1. The normalized spacial score (nSPS) is 9.30. The zero-order valence-electron chi connectivity index (χ0n) is 5.12. The molecule has 1 rings (SSSR count). The fraction of sp³-hybridized carbons (Fsp3) is 0.200. The lowest BCUT2D eigenvalue weighted by molar-refractivity contribution is -0.114. The molecule has 54 valence electrons. The average molecular weight is 160 g/mol. The van der Waals surface area contributed by atoms with Crippen molar-refractivity contribution in [3.05, 3.63) is 18.7 Å². The van der Waals surface area contributed by atoms with E-state index in [1.165, 1.54) is 11.0 Å². The lowest BCUT2D eigenvalue weighted by atomic mass is 10.7. The Bertz CT molecular complexity index is 209. The number of halogens is 1. The third-order valence-corrected chi connectivity index (χ3v) is 1.12. The van der Waals surface area contributed by atoms with Crippen molar-refractivity contribution in [1.82, 2.24) is 9.66 Å². The molecule has 0 unspecified atom stereocenters. The molecule has 0 spiro atoms. The molecule has 4 nitrogen and oxygen atoms in total. The molecule has 0 fully saturated rings. The van der Waals surface area contributed by atoms with Crippen LogP contribution in [-0.4, -0.2) is 21.4 Å². The van der Waals surface area contributed by atoms with Gasteiger partial charge in [0.05, 0.1) is 0 Å². The monoisotopic (exact) mass is 159 g/mol. The number of nitrogens with zero attached hydrogens (tertiary/aromatic N) is 2. The second-order valence-electron chi connectivity index (χ2n) is 1.64. The van der Waals surface area contributed by atoms with Gasteiger partial charge in [0, 0.05) is 12.4 Å². The first kappa shape index (κ1) is 7.08. The Labute approximate surface area is 62.8 Å². The van der Waals surface area contributed by atoms with Crippen molar-refractivity contribution in [2.45, 2.75) is 0 Å². The van der Waals surface area contributed by atoms with Crippen LogP contribution in [0.5, 0.6) is 0 Å². The van der Waals surface area contributed by atoms with E-state index in [0.717, 1.165) is 0 Å². The molecule has 5 heteroatoms. The van der Waals surface area contributed by atoms with E-state index >= 15 is 0 Å². The van der Waals surface area contributed by atoms with Crippen LogP contribution in [0.1, 0.15) is 0 Å². The molecule has 0 radical (unpaired) electrons. The van der Waals surface area contributed by atoms with Crippen LogP contribution in [0.15, 0.2) is 18.7 Å².